The molecule has 2 heterocycles. The first-order valence-corrected chi connectivity index (χ1v) is 10.7. The summed E-state index contributed by atoms with van der Waals surface area (Å²) in [7, 11) is 0. The second-order valence-electron chi connectivity index (χ2n) is 7.06. The maximum Gasteiger partial charge on any atom is 0.573 e. The molecule has 0 aliphatic rings. The smallest absolute Gasteiger partial charge is 0.406 e. The molecule has 0 aliphatic carbocycles. The Kier molecular flexibility index (Phi) is 8.15. The molecule has 0 spiro atoms. The second kappa shape index (κ2) is 10.8. The van der Waals surface area contributed by atoms with E-state index in [2.05, 4.69) is 19.7 Å². The number of pyridine rings is 1. The Labute approximate surface area is 194 Å². The summed E-state index contributed by atoms with van der Waals surface area (Å²) in [6.07, 6.45) is 0.625. The number of anilines is 1. The van der Waals surface area contributed by atoms with Gasteiger partial charge in [0.05, 0.1) is 5.69 Å². The van der Waals surface area contributed by atoms with Crippen LogP contribution in [0.15, 0.2) is 48.9 Å². The van der Waals surface area contributed by atoms with Gasteiger partial charge in [-0.25, -0.2) is 15.0 Å². The van der Waals surface area contributed by atoms with E-state index in [0.29, 0.717) is 35.5 Å². The van der Waals surface area contributed by atoms with Crippen LogP contribution in [0.4, 0.5) is 19.0 Å². The Morgan fingerprint density at radius 1 is 0.938 bits per heavy atom. The number of ether oxygens (including phenoxy) is 1. The van der Waals surface area contributed by atoms with Crippen molar-refractivity contribution in [2.75, 3.05) is 11.4 Å². The molecule has 10 heteroatoms. The van der Waals surface area contributed by atoms with E-state index >= 15 is 0 Å². The van der Waals surface area contributed by atoms with Crippen LogP contribution >= 0.6 is 23.2 Å². The number of hydrogen-bond acceptors (Lipinski definition) is 5. The maximum absolute atomic E-state index is 12.4. The Bertz CT molecular complexity index is 1020. The van der Waals surface area contributed by atoms with Gasteiger partial charge >= 0.3 is 6.36 Å². The molecule has 0 radical (unpaired) electrons. The van der Waals surface area contributed by atoms with E-state index in [1.165, 1.54) is 18.5 Å². The third-order valence-electron chi connectivity index (χ3n) is 4.62. The highest BCUT2D eigenvalue weighted by molar-refractivity contribution is 6.33. The minimum atomic E-state index is -4.72. The van der Waals surface area contributed by atoms with Gasteiger partial charge in [0, 0.05) is 19.3 Å². The van der Waals surface area contributed by atoms with Gasteiger partial charge in [-0.15, -0.1) is 13.2 Å². The first kappa shape index (κ1) is 24.1. The zero-order valence-corrected chi connectivity index (χ0v) is 18.8. The highest BCUT2D eigenvalue weighted by Gasteiger charge is 2.31. The molecule has 0 N–H and O–H groups in total. The van der Waals surface area contributed by atoms with Crippen molar-refractivity contribution in [2.45, 2.75) is 39.1 Å². The van der Waals surface area contributed by atoms with Crippen molar-refractivity contribution in [3.63, 3.8) is 0 Å². The Hall–Kier alpha value is -2.58. The zero-order valence-electron chi connectivity index (χ0n) is 17.2. The third-order valence-corrected chi connectivity index (χ3v) is 5.23. The van der Waals surface area contributed by atoms with Crippen molar-refractivity contribution in [1.29, 1.82) is 0 Å². The number of hydrogen-bond donors (Lipinski definition) is 0. The molecular formula is C22H21Cl2F3N4O. The fourth-order valence-corrected chi connectivity index (χ4v) is 3.55. The van der Waals surface area contributed by atoms with Gasteiger partial charge in [-0.2, -0.15) is 0 Å². The van der Waals surface area contributed by atoms with Crippen LogP contribution in [0.3, 0.4) is 0 Å². The molecule has 2 aromatic heterocycles. The lowest BCUT2D eigenvalue weighted by molar-refractivity contribution is -0.274. The Morgan fingerprint density at radius 3 is 2.28 bits per heavy atom. The molecule has 0 atom stereocenters. The second-order valence-corrected chi connectivity index (χ2v) is 7.83. The lowest BCUT2D eigenvalue weighted by Gasteiger charge is -2.25. The molecule has 5 nitrogen and oxygen atoms in total. The van der Waals surface area contributed by atoms with E-state index in [-0.39, 0.29) is 5.75 Å². The molecule has 0 bridgehead atoms. The Morgan fingerprint density at radius 2 is 1.66 bits per heavy atom. The summed E-state index contributed by atoms with van der Waals surface area (Å²) < 4.78 is 41.1. The number of rotatable bonds is 9. The molecule has 170 valence electrons. The average Bonchev–Trinajstić information content (AvgIpc) is 2.74. The number of aryl methyl sites for hydroxylation is 1. The lowest BCUT2D eigenvalue weighted by atomic mass is 10.1. The van der Waals surface area contributed by atoms with Crippen molar-refractivity contribution in [3.8, 4) is 5.75 Å². The van der Waals surface area contributed by atoms with E-state index in [4.69, 9.17) is 23.2 Å². The fraction of sp³-hybridized carbons (Fsp3) is 0.318. The highest BCUT2D eigenvalue weighted by atomic mass is 35.5. The normalized spacial score (nSPS) is 11.4. The van der Waals surface area contributed by atoms with Crippen LogP contribution < -0.4 is 9.64 Å². The van der Waals surface area contributed by atoms with Crippen molar-refractivity contribution in [2.24, 2.45) is 0 Å². The topological polar surface area (TPSA) is 51.1 Å². The molecule has 0 fully saturated rings. The molecular weight excluding hydrogens is 464 g/mol. The largest absolute Gasteiger partial charge is 0.573 e. The van der Waals surface area contributed by atoms with Gasteiger partial charge in [-0.3, -0.25) is 0 Å². The summed E-state index contributed by atoms with van der Waals surface area (Å²) in [5, 5.41) is 0.886. The fourth-order valence-electron chi connectivity index (χ4n) is 3.13. The SMILES string of the molecule is CCCc1ncnc(N(CCc2ccc(OC(F)(F)F)cc2)Cc2ccc(Cl)nc2)c1Cl. The van der Waals surface area contributed by atoms with Crippen LogP contribution in [0, 0.1) is 0 Å². The van der Waals surface area contributed by atoms with Crippen LogP contribution in [-0.2, 0) is 19.4 Å². The van der Waals surface area contributed by atoms with Gasteiger partial charge in [-0.05, 0) is 42.2 Å². The van der Waals surface area contributed by atoms with Crippen molar-refractivity contribution < 1.29 is 17.9 Å². The zero-order chi connectivity index (χ0) is 23.1. The third kappa shape index (κ3) is 6.97. The molecule has 32 heavy (non-hydrogen) atoms. The number of aromatic nitrogens is 3. The van der Waals surface area contributed by atoms with Crippen LogP contribution in [0.2, 0.25) is 10.2 Å². The standard InChI is InChI=1S/C22H21Cl2F3N4O/c1-2-3-18-20(24)21(30-14-29-18)31(13-16-6-9-19(23)28-12-16)11-10-15-4-7-17(8-5-15)32-22(25,26)27/h4-9,12,14H,2-3,10-11,13H2,1H3. The summed E-state index contributed by atoms with van der Waals surface area (Å²) in [5.41, 5.74) is 2.53. The molecule has 1 aromatic carbocycles. The lowest BCUT2D eigenvalue weighted by Crippen LogP contribution is -2.27. The maximum atomic E-state index is 12.4. The van der Waals surface area contributed by atoms with Gasteiger partial charge in [0.1, 0.15) is 22.3 Å². The summed E-state index contributed by atoms with van der Waals surface area (Å²) in [6, 6.07) is 9.38. The minimum absolute atomic E-state index is 0.256. The van der Waals surface area contributed by atoms with Crippen molar-refractivity contribution in [3.05, 3.63) is 75.9 Å². The molecule has 3 rings (SSSR count). The quantitative estimate of drug-likeness (QED) is 0.334. The van der Waals surface area contributed by atoms with Gasteiger partial charge in [0.25, 0.3) is 0 Å². The van der Waals surface area contributed by atoms with E-state index < -0.39 is 6.36 Å². The van der Waals surface area contributed by atoms with Crippen LogP contribution in [0.25, 0.3) is 0 Å². The molecule has 0 aliphatic heterocycles. The Balaban J connectivity index is 1.80. The number of alkyl halides is 3. The molecule has 0 saturated carbocycles. The predicted molar refractivity (Wildman–Crippen MR) is 118 cm³/mol. The number of benzene rings is 1. The van der Waals surface area contributed by atoms with Crippen molar-refractivity contribution >= 4 is 29.0 Å². The summed E-state index contributed by atoms with van der Waals surface area (Å²) in [6.45, 7) is 3.04. The van der Waals surface area contributed by atoms with Gasteiger partial charge in [-0.1, -0.05) is 54.7 Å². The van der Waals surface area contributed by atoms with Gasteiger partial charge in [0.2, 0.25) is 0 Å². The summed E-state index contributed by atoms with van der Waals surface area (Å²) in [5.74, 6) is 0.338. The minimum Gasteiger partial charge on any atom is -0.406 e. The predicted octanol–water partition coefficient (Wildman–Crippen LogP) is 6.28. The summed E-state index contributed by atoms with van der Waals surface area (Å²) >= 11 is 12.5. The van der Waals surface area contributed by atoms with E-state index in [1.807, 2.05) is 17.9 Å². The van der Waals surface area contributed by atoms with E-state index in [0.717, 1.165) is 29.7 Å². The highest BCUT2D eigenvalue weighted by Crippen LogP contribution is 2.28. The van der Waals surface area contributed by atoms with Crippen LogP contribution in [0.1, 0.15) is 30.2 Å². The van der Waals surface area contributed by atoms with Gasteiger partial charge < -0.3 is 9.64 Å². The molecule has 0 saturated heterocycles. The number of nitrogens with zero attached hydrogens (tertiary/aromatic N) is 4. The van der Waals surface area contributed by atoms with E-state index in [9.17, 15) is 13.2 Å². The summed E-state index contributed by atoms with van der Waals surface area (Å²) in [4.78, 5) is 14.8. The molecule has 0 amide bonds. The average molecular weight is 485 g/mol. The van der Waals surface area contributed by atoms with E-state index in [1.54, 1.807) is 24.4 Å². The number of halogens is 5. The van der Waals surface area contributed by atoms with Crippen molar-refractivity contribution in [1.82, 2.24) is 15.0 Å². The monoisotopic (exact) mass is 484 g/mol. The van der Waals surface area contributed by atoms with Crippen LogP contribution in [0.5, 0.6) is 5.75 Å². The first-order valence-electron chi connectivity index (χ1n) is 9.94. The molecule has 0 unspecified atom stereocenters. The van der Waals surface area contributed by atoms with Crippen LogP contribution in [-0.4, -0.2) is 27.9 Å². The first-order chi connectivity index (χ1) is 15.2. The molecule has 3 aromatic rings. The van der Waals surface area contributed by atoms with Gasteiger partial charge in [0.15, 0.2) is 5.82 Å².